The number of amides is 1. The van der Waals surface area contributed by atoms with Gasteiger partial charge in [-0.3, -0.25) is 19.7 Å². The smallest absolute Gasteiger partial charge is 0.319 e. The summed E-state index contributed by atoms with van der Waals surface area (Å²) in [5.74, 6) is -3.90. The zero-order valence-corrected chi connectivity index (χ0v) is 10.1. The number of hydrogen-bond acceptors (Lipinski definition) is 6. The third-order valence-electron chi connectivity index (χ3n) is 2.09. The second kappa shape index (κ2) is 5.02. The van der Waals surface area contributed by atoms with Crippen LogP contribution in [0.2, 0.25) is 0 Å². The standard InChI is InChI=1S/C9H8N2O7S/c10-9(14)5-1-2-7(6(3-5)11(15)16)19(17,18)4-8(12)13/h1-3H,4H2,(H2,10,14)(H,12,13). The van der Waals surface area contributed by atoms with Crippen molar-refractivity contribution in [1.82, 2.24) is 0 Å². The van der Waals surface area contributed by atoms with Crippen LogP contribution >= 0.6 is 0 Å². The number of nitrogens with two attached hydrogens (primary N) is 1. The molecular formula is C9H8N2O7S. The third-order valence-corrected chi connectivity index (χ3v) is 3.73. The molecule has 0 aromatic heterocycles. The fourth-order valence-corrected chi connectivity index (χ4v) is 2.52. The first-order valence-electron chi connectivity index (χ1n) is 4.68. The summed E-state index contributed by atoms with van der Waals surface area (Å²) < 4.78 is 23.3. The molecule has 0 saturated heterocycles. The Hall–Kier alpha value is -2.49. The van der Waals surface area contributed by atoms with Gasteiger partial charge in [0.25, 0.3) is 5.69 Å². The van der Waals surface area contributed by atoms with E-state index in [0.29, 0.717) is 6.07 Å². The number of nitro benzene ring substituents is 1. The molecule has 1 aromatic carbocycles. The Morgan fingerprint density at radius 1 is 1.37 bits per heavy atom. The number of primary amides is 1. The quantitative estimate of drug-likeness (QED) is 0.548. The zero-order chi connectivity index (χ0) is 14.8. The molecule has 0 aliphatic carbocycles. The number of benzene rings is 1. The van der Waals surface area contributed by atoms with E-state index < -0.39 is 43.0 Å². The average Bonchev–Trinajstić information content (AvgIpc) is 2.26. The van der Waals surface area contributed by atoms with Gasteiger partial charge in [-0.15, -0.1) is 0 Å². The first-order chi connectivity index (χ1) is 8.65. The lowest BCUT2D eigenvalue weighted by molar-refractivity contribution is -0.387. The Bertz CT molecular complexity index is 665. The Labute approximate surface area is 106 Å². The van der Waals surface area contributed by atoms with Crippen molar-refractivity contribution in [2.45, 2.75) is 4.90 Å². The first-order valence-corrected chi connectivity index (χ1v) is 6.33. The summed E-state index contributed by atoms with van der Waals surface area (Å²) in [4.78, 5) is 30.3. The van der Waals surface area contributed by atoms with Crippen LogP contribution in [0.4, 0.5) is 5.69 Å². The first kappa shape index (κ1) is 14.6. The van der Waals surface area contributed by atoms with E-state index >= 15 is 0 Å². The highest BCUT2D eigenvalue weighted by Gasteiger charge is 2.28. The summed E-state index contributed by atoms with van der Waals surface area (Å²) in [6.45, 7) is 0. The fraction of sp³-hybridized carbons (Fsp3) is 0.111. The van der Waals surface area contributed by atoms with Gasteiger partial charge in [-0.05, 0) is 12.1 Å². The van der Waals surface area contributed by atoms with Crippen molar-refractivity contribution in [3.05, 3.63) is 33.9 Å². The van der Waals surface area contributed by atoms with E-state index in [1.165, 1.54) is 0 Å². The summed E-state index contributed by atoms with van der Waals surface area (Å²) in [7, 11) is -4.37. The number of hydrogen-bond donors (Lipinski definition) is 2. The highest BCUT2D eigenvalue weighted by molar-refractivity contribution is 7.92. The fourth-order valence-electron chi connectivity index (χ4n) is 1.32. The minimum atomic E-state index is -4.37. The second-order valence-corrected chi connectivity index (χ2v) is 5.41. The van der Waals surface area contributed by atoms with Gasteiger partial charge in [-0.1, -0.05) is 0 Å². The molecule has 0 aliphatic heterocycles. The van der Waals surface area contributed by atoms with Crippen molar-refractivity contribution >= 4 is 27.4 Å². The minimum absolute atomic E-state index is 0.249. The lowest BCUT2D eigenvalue weighted by Crippen LogP contribution is -2.17. The number of nitrogens with zero attached hydrogens (tertiary/aromatic N) is 1. The molecule has 9 nitrogen and oxygen atoms in total. The molecule has 19 heavy (non-hydrogen) atoms. The monoisotopic (exact) mass is 288 g/mol. The van der Waals surface area contributed by atoms with Crippen molar-refractivity contribution in [3.8, 4) is 0 Å². The summed E-state index contributed by atoms with van der Waals surface area (Å²) >= 11 is 0. The van der Waals surface area contributed by atoms with Crippen molar-refractivity contribution < 1.29 is 28.0 Å². The Balaban J connectivity index is 3.48. The molecule has 1 rings (SSSR count). The predicted molar refractivity (Wildman–Crippen MR) is 61.3 cm³/mol. The van der Waals surface area contributed by atoms with Crippen LogP contribution in [0, 0.1) is 10.1 Å². The van der Waals surface area contributed by atoms with Crippen LogP contribution in [-0.4, -0.2) is 36.1 Å². The van der Waals surface area contributed by atoms with Crippen LogP contribution in [0.25, 0.3) is 0 Å². The van der Waals surface area contributed by atoms with Crippen LogP contribution in [0.1, 0.15) is 10.4 Å². The molecule has 0 spiro atoms. The maximum atomic E-state index is 11.6. The second-order valence-electron chi connectivity index (χ2n) is 3.46. The molecule has 0 aliphatic rings. The van der Waals surface area contributed by atoms with Crippen LogP contribution in [0.3, 0.4) is 0 Å². The maximum Gasteiger partial charge on any atom is 0.319 e. The van der Waals surface area contributed by atoms with E-state index in [4.69, 9.17) is 10.8 Å². The van der Waals surface area contributed by atoms with Crippen LogP contribution in [0.5, 0.6) is 0 Å². The predicted octanol–water partition coefficient (Wildman–Crippen LogP) is -0.448. The Kier molecular flexibility index (Phi) is 3.85. The van der Waals surface area contributed by atoms with Crippen LogP contribution in [-0.2, 0) is 14.6 Å². The number of aliphatic carboxylic acids is 1. The van der Waals surface area contributed by atoms with Gasteiger partial charge in [0.15, 0.2) is 15.6 Å². The van der Waals surface area contributed by atoms with Crippen molar-refractivity contribution in [2.75, 3.05) is 5.75 Å². The molecule has 3 N–H and O–H groups in total. The Morgan fingerprint density at radius 2 is 1.95 bits per heavy atom. The number of carboxylic acids is 1. The van der Waals surface area contributed by atoms with E-state index in [0.717, 1.165) is 12.1 Å². The summed E-state index contributed by atoms with van der Waals surface area (Å²) in [5.41, 5.74) is 3.78. The van der Waals surface area contributed by atoms with Gasteiger partial charge in [0.1, 0.15) is 4.90 Å². The van der Waals surface area contributed by atoms with Gasteiger partial charge in [0.05, 0.1) is 4.92 Å². The van der Waals surface area contributed by atoms with Crippen LogP contribution < -0.4 is 5.73 Å². The van der Waals surface area contributed by atoms with Gasteiger partial charge >= 0.3 is 5.97 Å². The normalized spacial score (nSPS) is 10.9. The Morgan fingerprint density at radius 3 is 2.37 bits per heavy atom. The average molecular weight is 288 g/mol. The third kappa shape index (κ3) is 3.25. The van der Waals surface area contributed by atoms with Crippen molar-refractivity contribution in [3.63, 3.8) is 0 Å². The van der Waals surface area contributed by atoms with Gasteiger partial charge < -0.3 is 10.8 Å². The molecule has 102 valence electrons. The van der Waals surface area contributed by atoms with Gasteiger partial charge in [-0.25, -0.2) is 8.42 Å². The summed E-state index contributed by atoms with van der Waals surface area (Å²) in [6.07, 6.45) is 0. The molecule has 10 heteroatoms. The zero-order valence-electron chi connectivity index (χ0n) is 9.27. The molecule has 0 atom stereocenters. The molecule has 0 fully saturated rings. The largest absolute Gasteiger partial charge is 0.480 e. The number of carbonyl (C=O) groups is 2. The molecule has 0 unspecified atom stereocenters. The van der Waals surface area contributed by atoms with Crippen molar-refractivity contribution in [2.24, 2.45) is 5.73 Å². The number of rotatable bonds is 5. The van der Waals surface area contributed by atoms with Crippen LogP contribution in [0.15, 0.2) is 23.1 Å². The molecular weight excluding hydrogens is 280 g/mol. The highest BCUT2D eigenvalue weighted by Crippen LogP contribution is 2.25. The van der Waals surface area contributed by atoms with E-state index in [-0.39, 0.29) is 5.56 Å². The number of sulfone groups is 1. The van der Waals surface area contributed by atoms with E-state index in [1.54, 1.807) is 0 Å². The van der Waals surface area contributed by atoms with E-state index in [1.807, 2.05) is 0 Å². The van der Waals surface area contributed by atoms with Gasteiger partial charge in [-0.2, -0.15) is 0 Å². The molecule has 1 aromatic rings. The van der Waals surface area contributed by atoms with Gasteiger partial charge in [0, 0.05) is 11.6 Å². The molecule has 0 saturated carbocycles. The summed E-state index contributed by atoms with van der Waals surface area (Å²) in [5, 5.41) is 19.2. The van der Waals surface area contributed by atoms with E-state index in [2.05, 4.69) is 0 Å². The molecule has 0 bridgehead atoms. The topological polar surface area (TPSA) is 158 Å². The highest BCUT2D eigenvalue weighted by atomic mass is 32.2. The SMILES string of the molecule is NC(=O)c1ccc(S(=O)(=O)CC(=O)O)c([N+](=O)[O-])c1. The lowest BCUT2D eigenvalue weighted by Gasteiger charge is -2.04. The summed E-state index contributed by atoms with van der Waals surface area (Å²) in [6, 6.07) is 2.46. The number of carbonyl (C=O) groups excluding carboxylic acids is 1. The molecule has 1 amide bonds. The maximum absolute atomic E-state index is 11.6. The van der Waals surface area contributed by atoms with Crippen molar-refractivity contribution in [1.29, 1.82) is 0 Å². The lowest BCUT2D eigenvalue weighted by atomic mass is 10.2. The molecule has 0 heterocycles. The number of nitro groups is 1. The minimum Gasteiger partial charge on any atom is -0.480 e. The molecule has 0 radical (unpaired) electrons. The van der Waals surface area contributed by atoms with E-state index in [9.17, 15) is 28.1 Å². The van der Waals surface area contributed by atoms with Gasteiger partial charge in [0.2, 0.25) is 5.91 Å². The number of carboxylic acid groups (broad SMARTS) is 1.